The third kappa shape index (κ3) is 12.4. The minimum atomic E-state index is -0.959. The SMILES string of the molecule is CCCCCOCC(O)CN[C@@H](CCCNC(=N)N)C(=O)O. The summed E-state index contributed by atoms with van der Waals surface area (Å²) in [6, 6.07) is -0.733. The average Bonchev–Trinajstić information content (AvgIpc) is 2.45. The fourth-order valence-corrected chi connectivity index (χ4v) is 1.85. The number of carboxylic acid groups (broad SMARTS) is 1. The summed E-state index contributed by atoms with van der Waals surface area (Å²) in [5, 5.41) is 31.3. The number of ether oxygens (including phenoxy) is 1. The zero-order valence-corrected chi connectivity index (χ0v) is 13.3. The number of aliphatic hydroxyl groups is 1. The summed E-state index contributed by atoms with van der Waals surface area (Å²) < 4.78 is 5.33. The standard InChI is InChI=1S/C14H30N4O4/c1-2-3-4-8-22-10-11(19)9-18-12(13(20)21)6-5-7-17-14(15)16/h11-12,18-19H,2-10H2,1H3,(H,20,21)(H4,15,16,17)/t11?,12-/m0/s1. The van der Waals surface area contributed by atoms with Crippen molar-refractivity contribution in [2.75, 3.05) is 26.3 Å². The van der Waals surface area contributed by atoms with Crippen LogP contribution in [0.1, 0.15) is 39.0 Å². The topological polar surface area (TPSA) is 141 Å². The molecule has 0 saturated carbocycles. The summed E-state index contributed by atoms with van der Waals surface area (Å²) >= 11 is 0. The van der Waals surface area contributed by atoms with Crippen LogP contribution in [0, 0.1) is 5.41 Å². The number of nitrogens with two attached hydrogens (primary N) is 1. The molecule has 7 N–H and O–H groups in total. The average molecular weight is 318 g/mol. The quantitative estimate of drug-likeness (QED) is 0.149. The van der Waals surface area contributed by atoms with Crippen molar-refractivity contribution in [2.24, 2.45) is 5.73 Å². The van der Waals surface area contributed by atoms with Crippen LogP contribution in [0.15, 0.2) is 0 Å². The molecule has 0 aromatic heterocycles. The number of carboxylic acids is 1. The van der Waals surface area contributed by atoms with Gasteiger partial charge >= 0.3 is 5.97 Å². The Morgan fingerprint density at radius 3 is 2.68 bits per heavy atom. The molecule has 130 valence electrons. The first-order valence-electron chi connectivity index (χ1n) is 7.77. The Morgan fingerprint density at radius 2 is 2.09 bits per heavy atom. The molecule has 0 heterocycles. The van der Waals surface area contributed by atoms with Crippen molar-refractivity contribution in [3.63, 3.8) is 0 Å². The highest BCUT2D eigenvalue weighted by molar-refractivity contribution is 5.74. The molecule has 0 aliphatic rings. The lowest BCUT2D eigenvalue weighted by Gasteiger charge is -2.17. The molecule has 0 bridgehead atoms. The van der Waals surface area contributed by atoms with E-state index < -0.39 is 18.1 Å². The van der Waals surface area contributed by atoms with Crippen molar-refractivity contribution in [1.29, 1.82) is 5.41 Å². The van der Waals surface area contributed by atoms with Crippen molar-refractivity contribution >= 4 is 11.9 Å². The largest absolute Gasteiger partial charge is 0.480 e. The number of guanidine groups is 1. The van der Waals surface area contributed by atoms with E-state index in [1.54, 1.807) is 0 Å². The van der Waals surface area contributed by atoms with Crippen molar-refractivity contribution in [3.05, 3.63) is 0 Å². The summed E-state index contributed by atoms with van der Waals surface area (Å²) in [7, 11) is 0. The van der Waals surface area contributed by atoms with E-state index in [0.29, 0.717) is 26.0 Å². The van der Waals surface area contributed by atoms with Crippen molar-refractivity contribution < 1.29 is 19.7 Å². The van der Waals surface area contributed by atoms with Gasteiger partial charge in [-0.1, -0.05) is 19.8 Å². The van der Waals surface area contributed by atoms with E-state index >= 15 is 0 Å². The van der Waals surface area contributed by atoms with Crippen molar-refractivity contribution in [1.82, 2.24) is 10.6 Å². The van der Waals surface area contributed by atoms with Crippen LogP contribution in [-0.4, -0.2) is 60.6 Å². The van der Waals surface area contributed by atoms with Gasteiger partial charge in [-0.2, -0.15) is 0 Å². The van der Waals surface area contributed by atoms with Gasteiger partial charge in [0.25, 0.3) is 0 Å². The molecule has 1 unspecified atom stereocenters. The molecule has 22 heavy (non-hydrogen) atoms. The van der Waals surface area contributed by atoms with Crippen LogP contribution >= 0.6 is 0 Å². The molecule has 0 spiro atoms. The summed E-state index contributed by atoms with van der Waals surface area (Å²) in [6.07, 6.45) is 3.42. The number of aliphatic carboxylic acids is 1. The molecule has 8 heteroatoms. The third-order valence-corrected chi connectivity index (χ3v) is 3.09. The maximum absolute atomic E-state index is 11.1. The zero-order valence-electron chi connectivity index (χ0n) is 13.3. The lowest BCUT2D eigenvalue weighted by molar-refractivity contribution is -0.139. The smallest absolute Gasteiger partial charge is 0.320 e. The van der Waals surface area contributed by atoms with Crippen molar-refractivity contribution in [2.45, 2.75) is 51.2 Å². The van der Waals surface area contributed by atoms with E-state index in [1.807, 2.05) is 0 Å². The third-order valence-electron chi connectivity index (χ3n) is 3.09. The number of carbonyl (C=O) groups is 1. The maximum Gasteiger partial charge on any atom is 0.320 e. The predicted molar refractivity (Wildman–Crippen MR) is 84.9 cm³/mol. The lowest BCUT2D eigenvalue weighted by Crippen LogP contribution is -2.42. The summed E-state index contributed by atoms with van der Waals surface area (Å²) in [6.45, 7) is 3.55. The Bertz CT molecular complexity index is 315. The number of hydrogen-bond acceptors (Lipinski definition) is 5. The molecule has 2 atom stereocenters. The molecule has 0 aromatic rings. The number of aliphatic hydroxyl groups excluding tert-OH is 1. The minimum absolute atomic E-state index is 0.129. The Kier molecular flexibility index (Phi) is 12.5. The van der Waals surface area contributed by atoms with E-state index in [-0.39, 0.29) is 19.1 Å². The predicted octanol–water partition coefficient (Wildman–Crippen LogP) is -0.140. The normalized spacial score (nSPS) is 13.5. The van der Waals surface area contributed by atoms with Crippen molar-refractivity contribution in [3.8, 4) is 0 Å². The molecule has 0 aliphatic heterocycles. The van der Waals surface area contributed by atoms with Gasteiger partial charge in [-0.05, 0) is 19.3 Å². The molecule has 8 nitrogen and oxygen atoms in total. The van der Waals surface area contributed by atoms with Gasteiger partial charge in [-0.25, -0.2) is 0 Å². The van der Waals surface area contributed by atoms with E-state index in [9.17, 15) is 9.90 Å². The Labute approximate surface area is 131 Å². The molecule has 0 rings (SSSR count). The minimum Gasteiger partial charge on any atom is -0.480 e. The molecule has 0 aromatic carbocycles. The van der Waals surface area contributed by atoms with Crippen LogP contribution < -0.4 is 16.4 Å². The second-order valence-electron chi connectivity index (χ2n) is 5.22. The molecular weight excluding hydrogens is 288 g/mol. The van der Waals surface area contributed by atoms with Gasteiger partial charge in [0.15, 0.2) is 5.96 Å². The van der Waals surface area contributed by atoms with Gasteiger partial charge in [0.2, 0.25) is 0 Å². The van der Waals surface area contributed by atoms with Crippen LogP contribution in [0.25, 0.3) is 0 Å². The first-order chi connectivity index (χ1) is 10.5. The first-order valence-corrected chi connectivity index (χ1v) is 7.77. The van der Waals surface area contributed by atoms with Crippen LogP contribution in [0.2, 0.25) is 0 Å². The zero-order chi connectivity index (χ0) is 16.8. The fraction of sp³-hybridized carbons (Fsp3) is 0.857. The van der Waals surface area contributed by atoms with Gasteiger partial charge in [0.05, 0.1) is 12.7 Å². The molecule has 0 aliphatic carbocycles. The number of rotatable bonds is 14. The van der Waals surface area contributed by atoms with E-state index in [0.717, 1.165) is 19.3 Å². The second kappa shape index (κ2) is 13.3. The molecular formula is C14H30N4O4. The highest BCUT2D eigenvalue weighted by Gasteiger charge is 2.17. The summed E-state index contributed by atoms with van der Waals surface area (Å²) in [5.74, 6) is -1.09. The van der Waals surface area contributed by atoms with E-state index in [2.05, 4.69) is 17.6 Å². The molecule has 0 radical (unpaired) electrons. The Balaban J connectivity index is 3.79. The highest BCUT2D eigenvalue weighted by Crippen LogP contribution is 1.99. The second-order valence-corrected chi connectivity index (χ2v) is 5.22. The van der Waals surface area contributed by atoms with Gasteiger partial charge in [-0.15, -0.1) is 0 Å². The van der Waals surface area contributed by atoms with Crippen LogP contribution in [-0.2, 0) is 9.53 Å². The van der Waals surface area contributed by atoms with Gasteiger partial charge in [0, 0.05) is 19.7 Å². The summed E-state index contributed by atoms with van der Waals surface area (Å²) in [4.78, 5) is 11.1. The van der Waals surface area contributed by atoms with E-state index in [1.165, 1.54) is 0 Å². The Morgan fingerprint density at radius 1 is 1.36 bits per heavy atom. The number of nitrogens with one attached hydrogen (secondary N) is 3. The summed E-state index contributed by atoms with van der Waals surface area (Å²) in [5.41, 5.74) is 5.14. The number of hydrogen-bond donors (Lipinski definition) is 6. The maximum atomic E-state index is 11.1. The highest BCUT2D eigenvalue weighted by atomic mass is 16.5. The first kappa shape index (κ1) is 20.6. The monoisotopic (exact) mass is 318 g/mol. The van der Waals surface area contributed by atoms with Crippen LogP contribution in [0.4, 0.5) is 0 Å². The molecule has 0 amide bonds. The van der Waals surface area contributed by atoms with E-state index in [4.69, 9.17) is 21.0 Å². The van der Waals surface area contributed by atoms with Gasteiger partial charge < -0.3 is 31.3 Å². The van der Waals surface area contributed by atoms with Gasteiger partial charge in [-0.3, -0.25) is 10.2 Å². The fourth-order valence-electron chi connectivity index (χ4n) is 1.85. The van der Waals surface area contributed by atoms with Gasteiger partial charge in [0.1, 0.15) is 6.04 Å². The number of unbranched alkanes of at least 4 members (excludes halogenated alkanes) is 2. The van der Waals surface area contributed by atoms with Crippen LogP contribution in [0.5, 0.6) is 0 Å². The molecule has 0 fully saturated rings. The Hall–Kier alpha value is -1.38. The molecule has 0 saturated heterocycles. The lowest BCUT2D eigenvalue weighted by atomic mass is 10.1. The van der Waals surface area contributed by atoms with Crippen LogP contribution in [0.3, 0.4) is 0 Å².